The highest BCUT2D eigenvalue weighted by molar-refractivity contribution is 7.90. The first-order valence-corrected chi connectivity index (χ1v) is 23.8. The summed E-state index contributed by atoms with van der Waals surface area (Å²) in [5.41, 5.74) is 5.76. The van der Waals surface area contributed by atoms with Crippen molar-refractivity contribution in [2.45, 2.75) is 77.0 Å². The Balaban J connectivity index is 0.952. The highest BCUT2D eigenvalue weighted by Gasteiger charge is 2.55. The Bertz CT molecular complexity index is 2670. The Hall–Kier alpha value is -6.23. The summed E-state index contributed by atoms with van der Waals surface area (Å²) in [4.78, 5) is 71.9. The molecular weight excluding hydrogens is 837 g/mol. The predicted molar refractivity (Wildman–Crippen MR) is 241 cm³/mol. The molecule has 0 radical (unpaired) electrons. The van der Waals surface area contributed by atoms with E-state index in [2.05, 4.69) is 74.1 Å². The zero-order valence-corrected chi connectivity index (χ0v) is 37.8. The molecule has 2 saturated heterocycles. The van der Waals surface area contributed by atoms with Crippen LogP contribution in [0.5, 0.6) is 0 Å². The zero-order chi connectivity index (χ0) is 45.5. The average molecular weight is 893 g/mol. The molecule has 3 aromatic carbocycles. The number of ether oxygens (including phenoxy) is 2. The number of nitrogens with zero attached hydrogens (tertiary/aromatic N) is 4. The lowest BCUT2D eigenvalue weighted by atomic mass is 9.98. The van der Waals surface area contributed by atoms with Crippen molar-refractivity contribution >= 4 is 44.6 Å². The summed E-state index contributed by atoms with van der Waals surface area (Å²) in [5.74, 6) is 0.632. The molecule has 2 aliphatic heterocycles. The number of benzene rings is 3. The summed E-state index contributed by atoms with van der Waals surface area (Å²) in [7, 11) is -0.888. The first-order valence-electron chi connectivity index (χ1n) is 21.8. The minimum absolute atomic E-state index is 0.0733. The number of methoxy groups -OCH3 is 2. The number of carbonyl (C=O) groups is 4. The van der Waals surface area contributed by atoms with Crippen molar-refractivity contribution in [1.29, 1.82) is 0 Å². The van der Waals surface area contributed by atoms with Crippen molar-refractivity contribution in [1.82, 2.24) is 40.4 Å². The molecular formula is C47H56N8O8S. The third-order valence-electron chi connectivity index (χ3n) is 13.0. The van der Waals surface area contributed by atoms with E-state index < -0.39 is 34.1 Å². The van der Waals surface area contributed by atoms with Gasteiger partial charge in [0.25, 0.3) is 0 Å². The van der Waals surface area contributed by atoms with Crippen LogP contribution in [-0.4, -0.2) is 114 Å². The van der Waals surface area contributed by atoms with Crippen LogP contribution in [0.1, 0.15) is 76.6 Å². The standard InChI is InChI=1S/C47H56N8O8S/c1-27(2)40(53-46(59)63-5)44(57)55-26-47(16-17-47)22-39(55)42-49-24-37(51-42)34-14-13-32-20-31(11-12-33(32)21-34)29-7-9-30(10-8-29)36-23-48-41(50-36)38-19-28(3)25-54(38)43(56)35(52-45(58)62-4)15-18-64(6,60)61/h7-14,20-21,23-24,27-28,35,38-40H,15-19,22,25-26H2,1-6H3,(H,48,50)(H,49,51)(H,52,58)(H,53,59)/t28-,35-,38-,39-,40-/m0/s1. The van der Waals surface area contributed by atoms with Gasteiger partial charge in [-0.3, -0.25) is 9.59 Å². The second kappa shape index (κ2) is 17.7. The number of fused-ring (bicyclic) bond motifs is 1. The molecule has 16 nitrogen and oxygen atoms in total. The third-order valence-corrected chi connectivity index (χ3v) is 14.0. The van der Waals surface area contributed by atoms with Gasteiger partial charge in [0.2, 0.25) is 11.8 Å². The van der Waals surface area contributed by atoms with E-state index in [0.29, 0.717) is 25.3 Å². The first-order chi connectivity index (χ1) is 30.5. The van der Waals surface area contributed by atoms with E-state index in [1.54, 1.807) is 11.1 Å². The molecule has 3 aliphatic rings. The minimum Gasteiger partial charge on any atom is -0.453 e. The second-order valence-corrected chi connectivity index (χ2v) is 20.5. The normalized spacial score (nSPS) is 20.1. The maximum Gasteiger partial charge on any atom is 0.407 e. The Morgan fingerprint density at radius 1 is 0.781 bits per heavy atom. The molecule has 8 rings (SSSR count). The second-order valence-electron chi connectivity index (χ2n) is 18.2. The molecule has 17 heteroatoms. The molecule has 1 aliphatic carbocycles. The van der Waals surface area contributed by atoms with E-state index in [1.165, 1.54) is 14.2 Å². The molecule has 64 heavy (non-hydrogen) atoms. The molecule has 0 bridgehead atoms. The maximum atomic E-state index is 13.9. The fourth-order valence-electron chi connectivity index (χ4n) is 9.23. The van der Waals surface area contributed by atoms with Gasteiger partial charge >= 0.3 is 12.2 Å². The lowest BCUT2D eigenvalue weighted by Gasteiger charge is -2.30. The highest BCUT2D eigenvalue weighted by Crippen LogP contribution is 2.58. The predicted octanol–water partition coefficient (Wildman–Crippen LogP) is 6.79. The summed E-state index contributed by atoms with van der Waals surface area (Å²) in [6.07, 6.45) is 6.81. The highest BCUT2D eigenvalue weighted by atomic mass is 32.2. The van der Waals surface area contributed by atoms with Gasteiger partial charge in [0.15, 0.2) is 0 Å². The number of nitrogens with one attached hydrogen (secondary N) is 4. The third kappa shape index (κ3) is 9.49. The van der Waals surface area contributed by atoms with Crippen LogP contribution in [0.3, 0.4) is 0 Å². The van der Waals surface area contributed by atoms with E-state index in [9.17, 15) is 27.6 Å². The Labute approximate surface area is 372 Å². The quantitative estimate of drug-likeness (QED) is 0.0973. The largest absolute Gasteiger partial charge is 0.453 e. The summed E-state index contributed by atoms with van der Waals surface area (Å²) in [6.45, 7) is 6.95. The van der Waals surface area contributed by atoms with Crippen molar-refractivity contribution in [3.63, 3.8) is 0 Å². The van der Waals surface area contributed by atoms with Gasteiger partial charge in [0.1, 0.15) is 33.6 Å². The number of sulfone groups is 1. The molecule has 338 valence electrons. The molecule has 5 atom stereocenters. The zero-order valence-electron chi connectivity index (χ0n) is 37.0. The van der Waals surface area contributed by atoms with Crippen LogP contribution < -0.4 is 10.6 Å². The summed E-state index contributed by atoms with van der Waals surface area (Å²) in [6, 6.07) is 18.5. The number of aromatic amines is 2. The maximum absolute atomic E-state index is 13.9. The molecule has 0 unspecified atom stereocenters. The van der Waals surface area contributed by atoms with Gasteiger partial charge in [-0.15, -0.1) is 0 Å². The Morgan fingerprint density at radius 3 is 1.95 bits per heavy atom. The van der Waals surface area contributed by atoms with Gasteiger partial charge in [0.05, 0.1) is 55.8 Å². The topological polar surface area (TPSA) is 209 Å². The number of H-pyrrole nitrogens is 2. The molecule has 5 aromatic rings. The lowest BCUT2D eigenvalue weighted by Crippen LogP contribution is -2.51. The molecule has 4 amide bonds. The fraction of sp³-hybridized carbons (Fsp3) is 0.447. The van der Waals surface area contributed by atoms with E-state index >= 15 is 0 Å². The SMILES string of the molecule is COC(=O)N[C@@H](CCS(C)(=O)=O)C(=O)N1C[C@@H](C)C[C@H]1c1ncc(-c2ccc(-c3ccc4cc(-c5cnc([C@@H]6CC7(CC7)CN6C(=O)[C@@H](NC(=O)OC)C(C)C)[nH]5)ccc4c3)cc2)[nH]1. The molecule has 3 fully saturated rings. The Kier molecular flexibility index (Phi) is 12.3. The monoisotopic (exact) mass is 892 g/mol. The van der Waals surface area contributed by atoms with Gasteiger partial charge in [-0.05, 0) is 89.0 Å². The van der Waals surface area contributed by atoms with Crippen LogP contribution in [0.4, 0.5) is 9.59 Å². The number of amides is 4. The van der Waals surface area contributed by atoms with Gasteiger partial charge in [-0.25, -0.2) is 28.0 Å². The number of hydrogen-bond acceptors (Lipinski definition) is 10. The number of likely N-dealkylation sites (tertiary alicyclic amines) is 2. The van der Waals surface area contributed by atoms with Crippen LogP contribution in [-0.2, 0) is 28.9 Å². The van der Waals surface area contributed by atoms with Gasteiger partial charge in [0, 0.05) is 24.9 Å². The minimum atomic E-state index is -3.38. The van der Waals surface area contributed by atoms with Crippen LogP contribution in [0.25, 0.3) is 44.4 Å². The number of alkyl carbamates (subject to hydrolysis) is 2. The van der Waals surface area contributed by atoms with Crippen molar-refractivity contribution in [2.24, 2.45) is 17.3 Å². The van der Waals surface area contributed by atoms with Crippen molar-refractivity contribution in [3.05, 3.63) is 84.7 Å². The van der Waals surface area contributed by atoms with Crippen LogP contribution in [0, 0.1) is 17.3 Å². The molecule has 2 aromatic heterocycles. The smallest absolute Gasteiger partial charge is 0.407 e. The summed E-state index contributed by atoms with van der Waals surface area (Å²) >= 11 is 0. The molecule has 4 heterocycles. The molecule has 1 saturated carbocycles. The fourth-order valence-corrected chi connectivity index (χ4v) is 9.89. The molecule has 4 N–H and O–H groups in total. The molecule has 1 spiro atoms. The lowest BCUT2D eigenvalue weighted by molar-refractivity contribution is -0.136. The number of rotatable bonds is 13. The average Bonchev–Trinajstić information content (AvgIpc) is 3.75. The van der Waals surface area contributed by atoms with Crippen molar-refractivity contribution in [3.8, 4) is 33.6 Å². The number of imidazole rings is 2. The first kappa shape index (κ1) is 44.4. The number of hydrogen-bond donors (Lipinski definition) is 4. The summed E-state index contributed by atoms with van der Waals surface area (Å²) < 4.78 is 33.4. The van der Waals surface area contributed by atoms with E-state index in [4.69, 9.17) is 14.5 Å². The number of aromatic nitrogens is 4. The van der Waals surface area contributed by atoms with Gasteiger partial charge in [-0.2, -0.15) is 0 Å². The van der Waals surface area contributed by atoms with Crippen LogP contribution >= 0.6 is 0 Å². The van der Waals surface area contributed by atoms with E-state index in [-0.39, 0.29) is 53.3 Å². The Morgan fingerprint density at radius 2 is 1.34 bits per heavy atom. The number of carbonyl (C=O) groups excluding carboxylic acids is 4. The van der Waals surface area contributed by atoms with Crippen molar-refractivity contribution < 1.29 is 37.1 Å². The van der Waals surface area contributed by atoms with E-state index in [1.807, 2.05) is 44.0 Å². The van der Waals surface area contributed by atoms with Gasteiger partial charge in [-0.1, -0.05) is 69.3 Å². The van der Waals surface area contributed by atoms with Crippen LogP contribution in [0.2, 0.25) is 0 Å². The summed E-state index contributed by atoms with van der Waals surface area (Å²) in [5, 5.41) is 7.42. The van der Waals surface area contributed by atoms with E-state index in [0.717, 1.165) is 75.8 Å². The van der Waals surface area contributed by atoms with Crippen molar-refractivity contribution in [2.75, 3.05) is 39.3 Å². The van der Waals surface area contributed by atoms with Gasteiger partial charge < -0.3 is 39.9 Å². The van der Waals surface area contributed by atoms with Crippen LogP contribution in [0.15, 0.2) is 73.1 Å².